The van der Waals surface area contributed by atoms with Crippen LogP contribution in [0.1, 0.15) is 25.0 Å². The fourth-order valence-electron chi connectivity index (χ4n) is 3.69. The first-order chi connectivity index (χ1) is 19.7. The summed E-state index contributed by atoms with van der Waals surface area (Å²) >= 11 is -3.64. The van der Waals surface area contributed by atoms with Gasteiger partial charge in [0.2, 0.25) is 0 Å². The van der Waals surface area contributed by atoms with E-state index in [4.69, 9.17) is 25.1 Å². The van der Waals surface area contributed by atoms with E-state index < -0.39 is 56.7 Å². The molecule has 41 heavy (non-hydrogen) atoms. The summed E-state index contributed by atoms with van der Waals surface area (Å²) in [7, 11) is 2.48. The van der Waals surface area contributed by atoms with E-state index in [0.717, 1.165) is 11.1 Å². The van der Waals surface area contributed by atoms with Gasteiger partial charge >= 0.3 is 247 Å². The van der Waals surface area contributed by atoms with E-state index in [1.54, 1.807) is 6.07 Å². The van der Waals surface area contributed by atoms with Crippen molar-refractivity contribution in [3.63, 3.8) is 0 Å². The Bertz CT molecular complexity index is 1230. The predicted molar refractivity (Wildman–Crippen MR) is 156 cm³/mol. The second-order valence-corrected chi connectivity index (χ2v) is 11.8. The maximum atomic E-state index is 12.8. The average Bonchev–Trinajstić information content (AvgIpc) is 2.96. The van der Waals surface area contributed by atoms with Crippen LogP contribution in [0.15, 0.2) is 78.9 Å². The first-order valence-corrected chi connectivity index (χ1v) is 15.3. The number of carbonyl (C=O) groups is 4. The van der Waals surface area contributed by atoms with Crippen LogP contribution >= 0.6 is 20.6 Å². The molecule has 218 valence electrons. The molecule has 0 heterocycles. The minimum atomic E-state index is -3.64. The number of rotatable bonds is 13. The third-order valence-electron chi connectivity index (χ3n) is 5.43. The van der Waals surface area contributed by atoms with Crippen LogP contribution in [0.5, 0.6) is 11.5 Å². The van der Waals surface area contributed by atoms with Gasteiger partial charge in [-0.2, -0.15) is 0 Å². The van der Waals surface area contributed by atoms with Gasteiger partial charge in [-0.15, -0.1) is 0 Å². The number of methoxy groups -OCH3 is 2. The molecule has 0 aliphatic rings. The molecule has 0 amide bonds. The fraction of sp³-hybridized carbons (Fsp3) is 0.267. The van der Waals surface area contributed by atoms with Gasteiger partial charge in [0, 0.05) is 0 Å². The van der Waals surface area contributed by atoms with Gasteiger partial charge < -0.3 is 0 Å². The molecule has 0 aliphatic carbocycles. The van der Waals surface area contributed by atoms with Crippen molar-refractivity contribution in [3.05, 3.63) is 93.6 Å². The second-order valence-electron chi connectivity index (χ2n) is 8.56. The number of hydrogen-bond acceptors (Lipinski definition) is 10. The Morgan fingerprint density at radius 2 is 1.00 bits per heavy atom. The number of esters is 2. The van der Waals surface area contributed by atoms with Crippen molar-refractivity contribution in [3.8, 4) is 11.5 Å². The Balaban J connectivity index is 2.09. The number of carbonyl (C=O) groups excluding carboxylic acids is 4. The van der Waals surface area contributed by atoms with Crippen molar-refractivity contribution in [1.29, 1.82) is 0 Å². The van der Waals surface area contributed by atoms with Crippen LogP contribution in [0, 0.1) is 3.57 Å². The van der Waals surface area contributed by atoms with Gasteiger partial charge in [0.25, 0.3) is 0 Å². The molecule has 0 aliphatic heterocycles. The molecule has 0 aromatic heterocycles. The summed E-state index contributed by atoms with van der Waals surface area (Å²) in [6.45, 7) is 2.36. The first-order valence-electron chi connectivity index (χ1n) is 12.5. The van der Waals surface area contributed by atoms with Crippen LogP contribution in [-0.4, -0.2) is 50.3 Å². The van der Waals surface area contributed by atoms with Crippen molar-refractivity contribution >= 4 is 44.5 Å². The monoisotopic (exact) mass is 678 g/mol. The molecule has 10 nitrogen and oxygen atoms in total. The summed E-state index contributed by atoms with van der Waals surface area (Å²) in [6.07, 6.45) is -1.90. The minimum absolute atomic E-state index is 0.0739. The summed E-state index contributed by atoms with van der Waals surface area (Å²) in [6, 6.07) is 23.0. The summed E-state index contributed by atoms with van der Waals surface area (Å²) in [5.41, 5.74) is 1.61. The first kappa shape index (κ1) is 31.4. The molecule has 0 radical (unpaired) electrons. The van der Waals surface area contributed by atoms with E-state index in [9.17, 15) is 19.2 Å². The van der Waals surface area contributed by atoms with Crippen LogP contribution in [0.3, 0.4) is 0 Å². The zero-order valence-electron chi connectivity index (χ0n) is 23.0. The Labute approximate surface area is 246 Å². The zero-order chi connectivity index (χ0) is 29.8. The molecular weight excluding hydrogens is 647 g/mol. The molecule has 0 unspecified atom stereocenters. The standard InChI is InChI=1S/C30H31IO10/c1-20(32)40-31(41-21(2)33)28-24(38-26(29(34)36-3)18-22-12-7-5-8-13-22)16-11-17-25(28)39-27(30(35)37-4)19-23-14-9-6-10-15-23/h5-17,26-27H,18-19H2,1-4H3/t26-,27-/m1/s1. The average molecular weight is 678 g/mol. The molecule has 0 N–H and O–H groups in total. The van der Waals surface area contributed by atoms with Gasteiger partial charge in [-0.1, -0.05) is 0 Å². The van der Waals surface area contributed by atoms with E-state index in [-0.39, 0.29) is 27.9 Å². The van der Waals surface area contributed by atoms with Gasteiger partial charge in [-0.3, -0.25) is 0 Å². The van der Waals surface area contributed by atoms with E-state index in [2.05, 4.69) is 0 Å². The molecule has 3 rings (SSSR count). The normalized spacial score (nSPS) is 12.2. The molecule has 11 heteroatoms. The maximum absolute atomic E-state index is 12.8. The summed E-state index contributed by atoms with van der Waals surface area (Å²) in [5.74, 6) is -2.54. The van der Waals surface area contributed by atoms with E-state index in [1.807, 2.05) is 60.7 Å². The Kier molecular flexibility index (Phi) is 11.9. The Hall–Kier alpha value is -4.13. The van der Waals surface area contributed by atoms with E-state index in [1.165, 1.54) is 40.2 Å². The van der Waals surface area contributed by atoms with Crippen LogP contribution in [0.25, 0.3) is 0 Å². The number of benzene rings is 3. The van der Waals surface area contributed by atoms with Crippen LogP contribution < -0.4 is 9.47 Å². The van der Waals surface area contributed by atoms with Gasteiger partial charge in [-0.05, 0) is 0 Å². The Morgan fingerprint density at radius 3 is 1.34 bits per heavy atom. The molecule has 3 aromatic carbocycles. The van der Waals surface area contributed by atoms with Crippen LogP contribution in [0.4, 0.5) is 0 Å². The molecule has 0 saturated heterocycles. The third kappa shape index (κ3) is 9.48. The number of ether oxygens (including phenoxy) is 4. The van der Waals surface area contributed by atoms with E-state index >= 15 is 0 Å². The van der Waals surface area contributed by atoms with Gasteiger partial charge in [0.1, 0.15) is 0 Å². The molecular formula is C30H31IO10. The fourth-order valence-corrected chi connectivity index (χ4v) is 6.83. The molecule has 0 bridgehead atoms. The second kappa shape index (κ2) is 15.6. The summed E-state index contributed by atoms with van der Waals surface area (Å²) in [4.78, 5) is 49.6. The van der Waals surface area contributed by atoms with E-state index in [0.29, 0.717) is 0 Å². The van der Waals surface area contributed by atoms with Gasteiger partial charge in [0.05, 0.1) is 0 Å². The summed E-state index contributed by atoms with van der Waals surface area (Å²) < 4.78 is 33.4. The molecule has 3 aromatic rings. The van der Waals surface area contributed by atoms with Crippen molar-refractivity contribution < 1.29 is 44.3 Å². The van der Waals surface area contributed by atoms with Crippen molar-refractivity contribution in [2.24, 2.45) is 0 Å². The Morgan fingerprint density at radius 1 is 0.610 bits per heavy atom. The van der Waals surface area contributed by atoms with Gasteiger partial charge in [-0.25, -0.2) is 0 Å². The quantitative estimate of drug-likeness (QED) is 0.187. The van der Waals surface area contributed by atoms with Crippen molar-refractivity contribution in [2.75, 3.05) is 14.2 Å². The molecule has 0 fully saturated rings. The molecule has 2 atom stereocenters. The SMILES string of the molecule is COC(=O)[C@@H](Cc1ccccc1)Oc1cccc(O[C@H](Cc2ccccc2)C(=O)OC)c1I(OC(C)=O)OC(C)=O. The topological polar surface area (TPSA) is 124 Å². The summed E-state index contributed by atoms with van der Waals surface area (Å²) in [5, 5.41) is 0. The molecule has 0 spiro atoms. The zero-order valence-corrected chi connectivity index (χ0v) is 25.2. The number of halogens is 1. The van der Waals surface area contributed by atoms with Crippen molar-refractivity contribution in [1.82, 2.24) is 0 Å². The van der Waals surface area contributed by atoms with Crippen molar-refractivity contribution in [2.45, 2.75) is 38.9 Å². The van der Waals surface area contributed by atoms with Crippen LogP contribution in [-0.2, 0) is 47.6 Å². The third-order valence-corrected chi connectivity index (χ3v) is 9.42. The predicted octanol–water partition coefficient (Wildman–Crippen LogP) is 4.65. The molecule has 0 saturated carbocycles. The van der Waals surface area contributed by atoms with Crippen LogP contribution in [0.2, 0.25) is 0 Å². The van der Waals surface area contributed by atoms with Gasteiger partial charge in [0.15, 0.2) is 0 Å². The number of hydrogen-bond donors (Lipinski definition) is 0.